The maximum atomic E-state index is 12.2. The maximum Gasteiger partial charge on any atom is 0.252 e. The van der Waals surface area contributed by atoms with Crippen LogP contribution in [0.2, 0.25) is 0 Å². The van der Waals surface area contributed by atoms with Crippen LogP contribution in [-0.4, -0.2) is 42.5 Å². The highest BCUT2D eigenvalue weighted by Crippen LogP contribution is 2.70. The summed E-state index contributed by atoms with van der Waals surface area (Å²) in [5.41, 5.74) is 6.79. The highest BCUT2D eigenvalue weighted by molar-refractivity contribution is 6.02. The lowest BCUT2D eigenvalue weighted by atomic mass is 9.85. The molecule has 4 atom stereocenters. The van der Waals surface area contributed by atoms with Crippen molar-refractivity contribution in [3.05, 3.63) is 54.4 Å². The SMILES string of the molecule is NC(=O)c1cnn2cc(-c3ccccc3)cc2c1NC12CC3CC1(O)CC3(O)C2. The number of amides is 1. The van der Waals surface area contributed by atoms with Crippen LogP contribution in [0.3, 0.4) is 0 Å². The number of carbonyl (C=O) groups is 1. The quantitative estimate of drug-likeness (QED) is 0.544. The van der Waals surface area contributed by atoms with Crippen molar-refractivity contribution in [3.63, 3.8) is 0 Å². The van der Waals surface area contributed by atoms with Crippen LogP contribution in [0.5, 0.6) is 0 Å². The van der Waals surface area contributed by atoms with Gasteiger partial charge in [-0.2, -0.15) is 5.10 Å². The highest BCUT2D eigenvalue weighted by atomic mass is 16.3. The number of hydrogen-bond donors (Lipinski definition) is 4. The van der Waals surface area contributed by atoms with Gasteiger partial charge in [-0.3, -0.25) is 4.79 Å². The molecule has 4 fully saturated rings. The molecule has 4 aliphatic rings. The first-order valence-corrected chi connectivity index (χ1v) is 9.92. The number of primary amides is 1. The average molecular weight is 390 g/mol. The Balaban J connectivity index is 1.51. The minimum absolute atomic E-state index is 0.0848. The molecule has 148 valence electrons. The second-order valence-corrected chi connectivity index (χ2v) is 9.02. The fourth-order valence-corrected chi connectivity index (χ4v) is 6.14. The van der Waals surface area contributed by atoms with Crippen molar-refractivity contribution in [2.24, 2.45) is 11.7 Å². The first kappa shape index (κ1) is 17.0. The minimum atomic E-state index is -0.976. The van der Waals surface area contributed by atoms with Gasteiger partial charge in [0, 0.05) is 24.6 Å². The molecule has 4 aliphatic carbocycles. The summed E-state index contributed by atoms with van der Waals surface area (Å²) in [6.07, 6.45) is 5.49. The van der Waals surface area contributed by atoms with E-state index in [1.54, 1.807) is 4.52 Å². The molecule has 0 radical (unpaired) electrons. The molecule has 7 nitrogen and oxygen atoms in total. The number of aromatic nitrogens is 2. The molecule has 4 saturated carbocycles. The van der Waals surface area contributed by atoms with E-state index in [2.05, 4.69) is 10.4 Å². The number of rotatable bonds is 4. The van der Waals surface area contributed by atoms with Crippen molar-refractivity contribution in [2.45, 2.75) is 42.4 Å². The van der Waals surface area contributed by atoms with Gasteiger partial charge in [-0.1, -0.05) is 30.3 Å². The molecule has 0 aliphatic heterocycles. The van der Waals surface area contributed by atoms with Gasteiger partial charge in [0.1, 0.15) is 0 Å². The molecule has 3 aromatic rings. The number of benzene rings is 1. The third-order valence-electron chi connectivity index (χ3n) is 7.41. The molecule has 2 heterocycles. The smallest absolute Gasteiger partial charge is 0.252 e. The molecule has 7 rings (SSSR count). The van der Waals surface area contributed by atoms with Gasteiger partial charge >= 0.3 is 0 Å². The van der Waals surface area contributed by atoms with E-state index in [1.165, 1.54) is 6.20 Å². The van der Waals surface area contributed by atoms with Crippen molar-refractivity contribution in [1.29, 1.82) is 0 Å². The number of nitrogens with zero attached hydrogens (tertiary/aromatic N) is 2. The van der Waals surface area contributed by atoms with Gasteiger partial charge < -0.3 is 21.3 Å². The molecular weight excluding hydrogens is 368 g/mol. The summed E-state index contributed by atoms with van der Waals surface area (Å²) in [5, 5.41) is 30.0. The second kappa shape index (κ2) is 5.17. The zero-order valence-electron chi connectivity index (χ0n) is 15.8. The number of aliphatic hydroxyl groups is 2. The van der Waals surface area contributed by atoms with Crippen LogP contribution >= 0.6 is 0 Å². The van der Waals surface area contributed by atoms with Crippen molar-refractivity contribution in [2.75, 3.05) is 5.32 Å². The highest BCUT2D eigenvalue weighted by Gasteiger charge is 2.77. The number of fused-ring (bicyclic) bond motifs is 1. The summed E-state index contributed by atoms with van der Waals surface area (Å²) < 4.78 is 1.72. The van der Waals surface area contributed by atoms with Crippen LogP contribution in [0.1, 0.15) is 36.0 Å². The summed E-state index contributed by atoms with van der Waals surface area (Å²) >= 11 is 0. The third-order valence-corrected chi connectivity index (χ3v) is 7.41. The molecular formula is C22H22N4O3. The number of hydrogen-bond acceptors (Lipinski definition) is 5. The molecule has 1 amide bonds. The van der Waals surface area contributed by atoms with Gasteiger partial charge in [-0.15, -0.1) is 0 Å². The lowest BCUT2D eigenvalue weighted by molar-refractivity contribution is 0.00665. The molecule has 0 spiro atoms. The summed E-state index contributed by atoms with van der Waals surface area (Å²) in [7, 11) is 0. The maximum absolute atomic E-state index is 12.2. The van der Waals surface area contributed by atoms with Crippen LogP contribution in [0.4, 0.5) is 5.69 Å². The topological polar surface area (TPSA) is 113 Å². The zero-order valence-corrected chi connectivity index (χ0v) is 15.8. The van der Waals surface area contributed by atoms with Gasteiger partial charge in [0.2, 0.25) is 0 Å². The van der Waals surface area contributed by atoms with Crippen LogP contribution in [-0.2, 0) is 0 Å². The average Bonchev–Trinajstić information content (AvgIpc) is 3.39. The Kier molecular flexibility index (Phi) is 3.03. The standard InChI is InChI=1S/C22H22N4O3/c23-19(27)16-9-24-26-10-14(13-4-2-1-3-5-13)6-17(26)18(16)25-21-7-15-8-22(21,29)12-20(15,28)11-21/h1-6,9-10,15,25,28-29H,7-8,11-12H2,(H2,23,27). The monoisotopic (exact) mass is 390 g/mol. The van der Waals surface area contributed by atoms with Crippen molar-refractivity contribution >= 4 is 17.1 Å². The molecule has 4 unspecified atom stereocenters. The molecule has 7 heteroatoms. The number of anilines is 1. The lowest BCUT2D eigenvalue weighted by Crippen LogP contribution is -2.51. The van der Waals surface area contributed by atoms with E-state index >= 15 is 0 Å². The van der Waals surface area contributed by atoms with Gasteiger partial charge in [0.25, 0.3) is 5.91 Å². The first-order chi connectivity index (χ1) is 13.8. The fourth-order valence-electron chi connectivity index (χ4n) is 6.14. The Morgan fingerprint density at radius 2 is 1.97 bits per heavy atom. The zero-order chi connectivity index (χ0) is 20.0. The van der Waals surface area contributed by atoms with Crippen LogP contribution in [0.15, 0.2) is 48.8 Å². The van der Waals surface area contributed by atoms with Gasteiger partial charge in [-0.25, -0.2) is 4.52 Å². The summed E-state index contributed by atoms with van der Waals surface area (Å²) in [5.74, 6) is -0.492. The van der Waals surface area contributed by atoms with E-state index < -0.39 is 22.6 Å². The molecule has 4 bridgehead atoms. The molecule has 2 aromatic heterocycles. The fraction of sp³-hybridized carbons (Fsp3) is 0.364. The van der Waals surface area contributed by atoms with E-state index in [0.717, 1.165) is 16.6 Å². The van der Waals surface area contributed by atoms with Gasteiger partial charge in [-0.05, 0) is 30.4 Å². The van der Waals surface area contributed by atoms with Crippen molar-refractivity contribution in [1.82, 2.24) is 9.61 Å². The number of nitrogens with one attached hydrogen (secondary N) is 1. The predicted molar refractivity (Wildman–Crippen MR) is 107 cm³/mol. The van der Waals surface area contributed by atoms with E-state index in [1.807, 2.05) is 42.6 Å². The molecule has 29 heavy (non-hydrogen) atoms. The van der Waals surface area contributed by atoms with Crippen LogP contribution in [0, 0.1) is 5.92 Å². The van der Waals surface area contributed by atoms with E-state index in [0.29, 0.717) is 31.4 Å². The normalized spacial score (nSPS) is 34.3. The van der Waals surface area contributed by atoms with Crippen LogP contribution < -0.4 is 11.1 Å². The van der Waals surface area contributed by atoms with E-state index in [-0.39, 0.29) is 11.5 Å². The summed E-state index contributed by atoms with van der Waals surface area (Å²) in [6, 6.07) is 11.9. The number of carbonyl (C=O) groups excluding carboxylic acids is 1. The largest absolute Gasteiger partial charge is 0.389 e. The van der Waals surface area contributed by atoms with E-state index in [9.17, 15) is 15.0 Å². The van der Waals surface area contributed by atoms with Crippen LogP contribution in [0.25, 0.3) is 16.6 Å². The Bertz CT molecular complexity index is 1180. The predicted octanol–water partition coefficient (Wildman–Crippen LogP) is 1.93. The molecule has 5 N–H and O–H groups in total. The minimum Gasteiger partial charge on any atom is -0.389 e. The van der Waals surface area contributed by atoms with Crippen molar-refractivity contribution in [3.8, 4) is 11.1 Å². The summed E-state index contributed by atoms with van der Waals surface area (Å²) in [6.45, 7) is 0. The lowest BCUT2D eigenvalue weighted by Gasteiger charge is -2.38. The second-order valence-electron chi connectivity index (χ2n) is 9.02. The van der Waals surface area contributed by atoms with Crippen molar-refractivity contribution < 1.29 is 15.0 Å². The third kappa shape index (κ3) is 2.09. The Hall–Kier alpha value is -2.90. The summed E-state index contributed by atoms with van der Waals surface area (Å²) in [4.78, 5) is 12.2. The molecule has 1 aromatic carbocycles. The first-order valence-electron chi connectivity index (χ1n) is 9.92. The Morgan fingerprint density at radius 1 is 1.17 bits per heavy atom. The van der Waals surface area contributed by atoms with Gasteiger partial charge in [0.05, 0.1) is 39.7 Å². The Morgan fingerprint density at radius 3 is 2.55 bits per heavy atom. The van der Waals surface area contributed by atoms with E-state index in [4.69, 9.17) is 5.73 Å². The van der Waals surface area contributed by atoms with Gasteiger partial charge in [0.15, 0.2) is 0 Å². The Labute approximate surface area is 167 Å². The number of nitrogens with two attached hydrogens (primary N) is 1. The molecule has 0 saturated heterocycles.